The lowest BCUT2D eigenvalue weighted by molar-refractivity contribution is -0.119. The molecule has 0 atom stereocenters. The maximum atomic E-state index is 12.2. The van der Waals surface area contributed by atoms with Crippen LogP contribution in [0.1, 0.15) is 29.8 Å². The average Bonchev–Trinajstić information content (AvgIpc) is 2.76. The third kappa shape index (κ3) is 5.32. The number of benzene rings is 3. The Morgan fingerprint density at radius 3 is 2.27 bits per heavy atom. The molecule has 3 N–H and O–H groups in total. The van der Waals surface area contributed by atoms with E-state index in [1.54, 1.807) is 44.2 Å². The number of hydrogen-bond acceptors (Lipinski definition) is 3. The van der Waals surface area contributed by atoms with Gasteiger partial charge in [-0.25, -0.2) is 0 Å². The molecule has 3 aromatic rings. The first-order valence-corrected chi connectivity index (χ1v) is 9.61. The SMILES string of the molecule is CC(C)C(=O)Nc1ccc(C(=O)NNC(=O)C=Cc2cccc3ccccc23)cc1. The number of carbonyl (C=O) groups is 3. The highest BCUT2D eigenvalue weighted by molar-refractivity contribution is 6.00. The highest BCUT2D eigenvalue weighted by Crippen LogP contribution is 2.19. The summed E-state index contributed by atoms with van der Waals surface area (Å²) in [4.78, 5) is 36.0. The highest BCUT2D eigenvalue weighted by atomic mass is 16.2. The van der Waals surface area contributed by atoms with E-state index in [1.165, 1.54) is 6.08 Å². The van der Waals surface area contributed by atoms with E-state index in [1.807, 2.05) is 42.5 Å². The van der Waals surface area contributed by atoms with E-state index in [-0.39, 0.29) is 11.8 Å². The molecule has 30 heavy (non-hydrogen) atoms. The van der Waals surface area contributed by atoms with Gasteiger partial charge < -0.3 is 5.32 Å². The van der Waals surface area contributed by atoms with Crippen LogP contribution in [0.2, 0.25) is 0 Å². The Hall–Kier alpha value is -3.93. The van der Waals surface area contributed by atoms with Crippen molar-refractivity contribution in [2.24, 2.45) is 5.92 Å². The van der Waals surface area contributed by atoms with Crippen molar-refractivity contribution < 1.29 is 14.4 Å². The highest BCUT2D eigenvalue weighted by Gasteiger charge is 2.09. The summed E-state index contributed by atoms with van der Waals surface area (Å²) in [7, 11) is 0. The zero-order chi connectivity index (χ0) is 21.5. The molecule has 0 unspecified atom stereocenters. The first kappa shape index (κ1) is 20.8. The van der Waals surface area contributed by atoms with Crippen molar-refractivity contribution in [2.75, 3.05) is 5.32 Å². The molecule has 0 aliphatic heterocycles. The smallest absolute Gasteiger partial charge is 0.269 e. The standard InChI is InChI=1S/C24H23N3O3/c1-16(2)23(29)25-20-13-10-19(11-14-20)24(30)27-26-22(28)15-12-18-8-5-7-17-6-3-4-9-21(17)18/h3-16H,1-2H3,(H,25,29)(H,26,28)(H,27,30). The third-order valence-electron chi connectivity index (χ3n) is 4.48. The van der Waals surface area contributed by atoms with Crippen LogP contribution in [0.25, 0.3) is 16.8 Å². The van der Waals surface area contributed by atoms with Crippen LogP contribution in [0, 0.1) is 5.92 Å². The lowest BCUT2D eigenvalue weighted by atomic mass is 10.0. The van der Waals surface area contributed by atoms with Crippen molar-refractivity contribution in [3.63, 3.8) is 0 Å². The van der Waals surface area contributed by atoms with Crippen LogP contribution in [-0.4, -0.2) is 17.7 Å². The second-order valence-corrected chi connectivity index (χ2v) is 7.07. The zero-order valence-corrected chi connectivity index (χ0v) is 16.8. The van der Waals surface area contributed by atoms with Gasteiger partial charge in [-0.05, 0) is 46.7 Å². The Labute approximate surface area is 175 Å². The summed E-state index contributed by atoms with van der Waals surface area (Å²) in [6, 6.07) is 20.2. The average molecular weight is 401 g/mol. The predicted octanol–water partition coefficient (Wildman–Crippen LogP) is 3.91. The van der Waals surface area contributed by atoms with Crippen molar-refractivity contribution in [3.8, 4) is 0 Å². The molecule has 3 amide bonds. The van der Waals surface area contributed by atoms with Crippen LogP contribution >= 0.6 is 0 Å². The van der Waals surface area contributed by atoms with Crippen molar-refractivity contribution >= 4 is 40.3 Å². The summed E-state index contributed by atoms with van der Waals surface area (Å²) >= 11 is 0. The topological polar surface area (TPSA) is 87.3 Å². The molecular weight excluding hydrogens is 378 g/mol. The fraction of sp³-hybridized carbons (Fsp3) is 0.125. The Morgan fingerprint density at radius 1 is 0.833 bits per heavy atom. The molecule has 0 fully saturated rings. The Kier molecular flexibility index (Phi) is 6.60. The van der Waals surface area contributed by atoms with E-state index in [2.05, 4.69) is 16.2 Å². The molecule has 3 rings (SSSR count). The second-order valence-electron chi connectivity index (χ2n) is 7.07. The van der Waals surface area contributed by atoms with Gasteiger partial charge in [0.1, 0.15) is 0 Å². The first-order valence-electron chi connectivity index (χ1n) is 9.61. The molecule has 0 aromatic heterocycles. The van der Waals surface area contributed by atoms with E-state index in [0.29, 0.717) is 11.3 Å². The maximum Gasteiger partial charge on any atom is 0.269 e. The van der Waals surface area contributed by atoms with Gasteiger partial charge in [0, 0.05) is 23.2 Å². The van der Waals surface area contributed by atoms with Crippen LogP contribution in [0.3, 0.4) is 0 Å². The Bertz CT molecular complexity index is 1100. The summed E-state index contributed by atoms with van der Waals surface area (Å²) in [6.07, 6.45) is 3.07. The molecule has 0 heterocycles. The van der Waals surface area contributed by atoms with Crippen molar-refractivity contribution in [1.29, 1.82) is 0 Å². The molecule has 0 saturated heterocycles. The van der Waals surface area contributed by atoms with Gasteiger partial charge in [0.25, 0.3) is 11.8 Å². The van der Waals surface area contributed by atoms with Gasteiger partial charge in [-0.1, -0.05) is 56.3 Å². The molecule has 0 spiro atoms. The van der Waals surface area contributed by atoms with Crippen LogP contribution in [0.5, 0.6) is 0 Å². The molecule has 6 heteroatoms. The fourth-order valence-electron chi connectivity index (χ4n) is 2.78. The largest absolute Gasteiger partial charge is 0.326 e. The molecule has 0 saturated carbocycles. The van der Waals surface area contributed by atoms with Gasteiger partial charge in [-0.15, -0.1) is 0 Å². The number of hydrogen-bond donors (Lipinski definition) is 3. The number of rotatable bonds is 5. The van der Waals surface area contributed by atoms with E-state index in [9.17, 15) is 14.4 Å². The molecule has 0 radical (unpaired) electrons. The number of amides is 3. The molecule has 0 aliphatic rings. The maximum absolute atomic E-state index is 12.2. The lowest BCUT2D eigenvalue weighted by Crippen LogP contribution is -2.40. The normalized spacial score (nSPS) is 10.9. The molecule has 3 aromatic carbocycles. The number of nitrogens with one attached hydrogen (secondary N) is 3. The second kappa shape index (κ2) is 9.52. The summed E-state index contributed by atoms with van der Waals surface area (Å²) < 4.78 is 0. The van der Waals surface area contributed by atoms with Crippen LogP contribution in [0.15, 0.2) is 72.8 Å². The van der Waals surface area contributed by atoms with Crippen LogP contribution < -0.4 is 16.2 Å². The van der Waals surface area contributed by atoms with E-state index >= 15 is 0 Å². The van der Waals surface area contributed by atoms with Crippen molar-refractivity contribution in [2.45, 2.75) is 13.8 Å². The van der Waals surface area contributed by atoms with E-state index < -0.39 is 11.8 Å². The number of carbonyl (C=O) groups excluding carboxylic acids is 3. The van der Waals surface area contributed by atoms with Gasteiger partial charge in [0.2, 0.25) is 5.91 Å². The molecule has 0 aliphatic carbocycles. The molecule has 0 bridgehead atoms. The summed E-state index contributed by atoms with van der Waals surface area (Å²) in [5.41, 5.74) is 6.61. The van der Waals surface area contributed by atoms with E-state index in [4.69, 9.17) is 0 Å². The van der Waals surface area contributed by atoms with Gasteiger partial charge >= 0.3 is 0 Å². The molecule has 152 valence electrons. The van der Waals surface area contributed by atoms with Crippen molar-refractivity contribution in [3.05, 3.63) is 83.9 Å². The summed E-state index contributed by atoms with van der Waals surface area (Å²) in [5.74, 6) is -1.14. The number of fused-ring (bicyclic) bond motifs is 1. The van der Waals surface area contributed by atoms with Gasteiger partial charge in [0.15, 0.2) is 0 Å². The minimum absolute atomic E-state index is 0.0996. The minimum Gasteiger partial charge on any atom is -0.326 e. The quantitative estimate of drug-likeness (QED) is 0.447. The van der Waals surface area contributed by atoms with Crippen LogP contribution in [-0.2, 0) is 9.59 Å². The molecular formula is C24H23N3O3. The van der Waals surface area contributed by atoms with Gasteiger partial charge in [-0.2, -0.15) is 0 Å². The fourth-order valence-corrected chi connectivity index (χ4v) is 2.78. The lowest BCUT2D eigenvalue weighted by Gasteiger charge is -2.09. The summed E-state index contributed by atoms with van der Waals surface area (Å²) in [5, 5.41) is 4.88. The number of anilines is 1. The monoisotopic (exact) mass is 401 g/mol. The van der Waals surface area contributed by atoms with Crippen molar-refractivity contribution in [1.82, 2.24) is 10.9 Å². The summed E-state index contributed by atoms with van der Waals surface area (Å²) in [6.45, 7) is 3.60. The van der Waals surface area contributed by atoms with Crippen LogP contribution in [0.4, 0.5) is 5.69 Å². The minimum atomic E-state index is -0.455. The van der Waals surface area contributed by atoms with Gasteiger partial charge in [0.05, 0.1) is 0 Å². The first-order chi connectivity index (χ1) is 14.4. The zero-order valence-electron chi connectivity index (χ0n) is 16.8. The Morgan fingerprint density at radius 2 is 1.53 bits per heavy atom. The number of hydrazine groups is 1. The van der Waals surface area contributed by atoms with E-state index in [0.717, 1.165) is 16.3 Å². The predicted molar refractivity (Wildman–Crippen MR) is 119 cm³/mol. The third-order valence-corrected chi connectivity index (χ3v) is 4.48. The molecule has 6 nitrogen and oxygen atoms in total. The Balaban J connectivity index is 1.56. The van der Waals surface area contributed by atoms with Gasteiger partial charge in [-0.3, -0.25) is 25.2 Å².